The molecule has 0 bridgehead atoms. The lowest BCUT2D eigenvalue weighted by Crippen LogP contribution is -2.46. The largest absolute Gasteiger partial charge is 0.335 e. The highest BCUT2D eigenvalue weighted by Gasteiger charge is 2.30. The summed E-state index contributed by atoms with van der Waals surface area (Å²) in [5.74, 6) is -0.501. The van der Waals surface area contributed by atoms with E-state index in [1.54, 1.807) is 37.2 Å². The topological polar surface area (TPSA) is 81.8 Å². The Hall–Kier alpha value is -2.12. The van der Waals surface area contributed by atoms with Gasteiger partial charge >= 0.3 is 0 Å². The molecule has 2 rings (SSSR count). The van der Waals surface area contributed by atoms with Crippen molar-refractivity contribution in [3.8, 4) is 0 Å². The number of rotatable bonds is 4. The van der Waals surface area contributed by atoms with E-state index in [1.165, 1.54) is 4.90 Å². The predicted octanol–water partition coefficient (Wildman–Crippen LogP) is 0.850. The Bertz CT molecular complexity index is 623. The van der Waals surface area contributed by atoms with E-state index >= 15 is 0 Å². The van der Waals surface area contributed by atoms with Crippen LogP contribution < -0.4 is 15.5 Å². The molecule has 8 heteroatoms. The Labute approximate surface area is 147 Å². The van der Waals surface area contributed by atoms with E-state index in [0.29, 0.717) is 11.4 Å². The molecule has 0 aliphatic carbocycles. The van der Waals surface area contributed by atoms with Gasteiger partial charge in [-0.1, -0.05) is 12.1 Å². The number of nitrogens with zero attached hydrogens (tertiary/aromatic N) is 2. The number of fused-ring (bicyclic) bond motifs is 1. The lowest BCUT2D eigenvalue weighted by atomic mass is 10.1. The van der Waals surface area contributed by atoms with Gasteiger partial charge in [-0.25, -0.2) is 0 Å². The van der Waals surface area contributed by atoms with Gasteiger partial charge in [0.15, 0.2) is 0 Å². The number of para-hydroxylation sites is 2. The van der Waals surface area contributed by atoms with Gasteiger partial charge < -0.3 is 20.4 Å². The number of halogens is 1. The van der Waals surface area contributed by atoms with Gasteiger partial charge in [0.25, 0.3) is 0 Å². The van der Waals surface area contributed by atoms with Crippen molar-refractivity contribution in [1.82, 2.24) is 10.2 Å². The van der Waals surface area contributed by atoms with E-state index in [1.807, 2.05) is 13.0 Å². The van der Waals surface area contributed by atoms with Crippen molar-refractivity contribution < 1.29 is 14.4 Å². The average Bonchev–Trinajstić information content (AvgIpc) is 2.61. The summed E-state index contributed by atoms with van der Waals surface area (Å²) in [6, 6.07) is 6.91. The van der Waals surface area contributed by atoms with Gasteiger partial charge in [-0.3, -0.25) is 14.4 Å². The van der Waals surface area contributed by atoms with Crippen LogP contribution in [-0.2, 0) is 14.4 Å². The first-order chi connectivity index (χ1) is 10.9. The summed E-state index contributed by atoms with van der Waals surface area (Å²) < 4.78 is 0. The van der Waals surface area contributed by atoms with Crippen LogP contribution in [0.5, 0.6) is 0 Å². The van der Waals surface area contributed by atoms with E-state index in [0.717, 1.165) is 0 Å². The fourth-order valence-electron chi connectivity index (χ4n) is 2.62. The van der Waals surface area contributed by atoms with Crippen molar-refractivity contribution in [3.63, 3.8) is 0 Å². The number of hydrogen-bond donors (Lipinski definition) is 2. The highest BCUT2D eigenvalue weighted by molar-refractivity contribution is 6.05. The molecule has 0 aromatic heterocycles. The van der Waals surface area contributed by atoms with Crippen molar-refractivity contribution in [3.05, 3.63) is 24.3 Å². The van der Waals surface area contributed by atoms with Crippen LogP contribution in [0.3, 0.4) is 0 Å². The van der Waals surface area contributed by atoms with E-state index in [2.05, 4.69) is 10.6 Å². The van der Waals surface area contributed by atoms with Crippen LogP contribution >= 0.6 is 12.4 Å². The standard InChI is InChI=1S/C16H22N4O3.ClH/c1-11-8-14(21)18-12-6-4-5-7-13(12)20(11)16(23)10-19(3)15(22)9-17-2;/h4-7,11,17H,8-10H2,1-3H3,(H,18,21);1H. The van der Waals surface area contributed by atoms with Gasteiger partial charge in [0, 0.05) is 19.5 Å². The Morgan fingerprint density at radius 3 is 2.71 bits per heavy atom. The number of amides is 3. The van der Waals surface area contributed by atoms with Crippen LogP contribution in [0.2, 0.25) is 0 Å². The lowest BCUT2D eigenvalue weighted by Gasteiger charge is -2.29. The van der Waals surface area contributed by atoms with Gasteiger partial charge in [0.2, 0.25) is 17.7 Å². The Morgan fingerprint density at radius 2 is 2.04 bits per heavy atom. The van der Waals surface area contributed by atoms with Crippen LogP contribution in [-0.4, -0.2) is 55.8 Å². The van der Waals surface area contributed by atoms with Gasteiger partial charge in [-0.15, -0.1) is 12.4 Å². The molecule has 2 N–H and O–H groups in total. The van der Waals surface area contributed by atoms with E-state index in [4.69, 9.17) is 0 Å². The number of likely N-dealkylation sites (N-methyl/N-ethyl adjacent to an activating group) is 2. The lowest BCUT2D eigenvalue weighted by molar-refractivity contribution is -0.133. The van der Waals surface area contributed by atoms with E-state index < -0.39 is 0 Å². The fourth-order valence-corrected chi connectivity index (χ4v) is 2.62. The molecular formula is C16H23ClN4O3. The summed E-state index contributed by atoms with van der Waals surface area (Å²) in [7, 11) is 3.27. The van der Waals surface area contributed by atoms with Crippen LogP contribution in [0.15, 0.2) is 24.3 Å². The molecule has 1 heterocycles. The molecule has 1 aromatic rings. The number of carbonyl (C=O) groups is 3. The summed E-state index contributed by atoms with van der Waals surface area (Å²) in [4.78, 5) is 39.5. The molecule has 0 spiro atoms. The van der Waals surface area contributed by atoms with Crippen LogP contribution in [0, 0.1) is 0 Å². The molecule has 1 aliphatic heterocycles. The first kappa shape index (κ1) is 19.9. The first-order valence-electron chi connectivity index (χ1n) is 7.53. The highest BCUT2D eigenvalue weighted by Crippen LogP contribution is 2.31. The number of nitrogens with one attached hydrogen (secondary N) is 2. The second kappa shape index (κ2) is 8.65. The molecule has 1 aromatic carbocycles. The minimum atomic E-state index is -0.279. The summed E-state index contributed by atoms with van der Waals surface area (Å²) in [5, 5.41) is 5.58. The molecule has 1 aliphatic rings. The number of benzene rings is 1. The van der Waals surface area contributed by atoms with Crippen LogP contribution in [0.25, 0.3) is 0 Å². The molecule has 132 valence electrons. The summed E-state index contributed by atoms with van der Waals surface area (Å²) in [6.07, 6.45) is 0.217. The maximum absolute atomic E-state index is 12.7. The van der Waals surface area contributed by atoms with Crippen molar-refractivity contribution >= 4 is 41.5 Å². The number of hydrogen-bond acceptors (Lipinski definition) is 4. The van der Waals surface area contributed by atoms with Gasteiger partial charge in [0.1, 0.15) is 0 Å². The smallest absolute Gasteiger partial charge is 0.246 e. The Kier molecular flexibility index (Phi) is 7.18. The second-order valence-corrected chi connectivity index (χ2v) is 5.66. The van der Waals surface area contributed by atoms with Gasteiger partial charge in [-0.2, -0.15) is 0 Å². The minimum Gasteiger partial charge on any atom is -0.335 e. The molecule has 0 radical (unpaired) electrons. The van der Waals surface area contributed by atoms with Crippen LogP contribution in [0.4, 0.5) is 11.4 Å². The summed E-state index contributed by atoms with van der Waals surface area (Å²) in [6.45, 7) is 1.97. The molecule has 24 heavy (non-hydrogen) atoms. The molecule has 7 nitrogen and oxygen atoms in total. The monoisotopic (exact) mass is 354 g/mol. The molecule has 0 saturated carbocycles. The fraction of sp³-hybridized carbons (Fsp3) is 0.438. The first-order valence-corrected chi connectivity index (χ1v) is 7.53. The van der Waals surface area contributed by atoms with E-state index in [9.17, 15) is 14.4 Å². The molecule has 1 atom stereocenters. The highest BCUT2D eigenvalue weighted by atomic mass is 35.5. The molecule has 1 unspecified atom stereocenters. The average molecular weight is 355 g/mol. The van der Waals surface area contributed by atoms with Crippen molar-refractivity contribution in [2.45, 2.75) is 19.4 Å². The zero-order chi connectivity index (χ0) is 17.0. The maximum Gasteiger partial charge on any atom is 0.246 e. The van der Waals surface area contributed by atoms with Crippen molar-refractivity contribution in [1.29, 1.82) is 0 Å². The third-order valence-electron chi connectivity index (χ3n) is 3.75. The SMILES string of the molecule is CNCC(=O)N(C)CC(=O)N1c2ccccc2NC(=O)CC1C.Cl. The molecule has 0 saturated heterocycles. The summed E-state index contributed by atoms with van der Waals surface area (Å²) >= 11 is 0. The third-order valence-corrected chi connectivity index (χ3v) is 3.75. The number of anilines is 2. The Morgan fingerprint density at radius 1 is 1.38 bits per heavy atom. The summed E-state index contributed by atoms with van der Waals surface area (Å²) in [5.41, 5.74) is 1.27. The molecular weight excluding hydrogens is 332 g/mol. The zero-order valence-corrected chi connectivity index (χ0v) is 14.9. The second-order valence-electron chi connectivity index (χ2n) is 5.66. The van der Waals surface area contributed by atoms with Gasteiger partial charge in [0.05, 0.1) is 24.5 Å². The maximum atomic E-state index is 12.7. The van der Waals surface area contributed by atoms with Gasteiger partial charge in [-0.05, 0) is 26.1 Å². The quantitative estimate of drug-likeness (QED) is 0.840. The zero-order valence-electron chi connectivity index (χ0n) is 14.0. The third kappa shape index (κ3) is 4.46. The van der Waals surface area contributed by atoms with E-state index in [-0.39, 0.29) is 55.7 Å². The molecule has 0 fully saturated rings. The number of carbonyl (C=O) groups excluding carboxylic acids is 3. The Balaban J connectivity index is 0.00000288. The van der Waals surface area contributed by atoms with Crippen molar-refractivity contribution in [2.75, 3.05) is 37.4 Å². The minimum absolute atomic E-state index is 0. The van der Waals surface area contributed by atoms with Crippen LogP contribution in [0.1, 0.15) is 13.3 Å². The molecule has 3 amide bonds. The predicted molar refractivity (Wildman–Crippen MR) is 95.4 cm³/mol. The van der Waals surface area contributed by atoms with Crippen molar-refractivity contribution in [2.24, 2.45) is 0 Å². The normalized spacial score (nSPS) is 16.4.